The molecule has 0 radical (unpaired) electrons. The molecule has 2 heterocycles. The first-order valence-electron chi connectivity index (χ1n) is 9.24. The SMILES string of the molecule is CC1(C)OB(c2ccc3ccn(-c4ccccc4C#N)c(=O)c3c2)OC1(C)C. The lowest BCUT2D eigenvalue weighted by atomic mass is 9.78. The standard InChI is InChI=1S/C22H21BN2O3/c1-21(2)22(3,4)28-23(27-21)17-10-9-15-11-12-25(20(26)18(15)13-17)19-8-6-5-7-16(19)14-24/h5-13H,1-4H3. The lowest BCUT2D eigenvalue weighted by Gasteiger charge is -2.32. The molecule has 0 atom stereocenters. The maximum Gasteiger partial charge on any atom is 0.494 e. The van der Waals surface area contributed by atoms with E-state index in [2.05, 4.69) is 6.07 Å². The number of fused-ring (bicyclic) bond motifs is 1. The van der Waals surface area contributed by atoms with Crippen molar-refractivity contribution in [3.05, 3.63) is 70.6 Å². The average molecular weight is 372 g/mol. The fourth-order valence-corrected chi connectivity index (χ4v) is 3.35. The van der Waals surface area contributed by atoms with Crippen molar-refractivity contribution in [2.75, 3.05) is 0 Å². The van der Waals surface area contributed by atoms with Crippen LogP contribution in [0.1, 0.15) is 33.3 Å². The van der Waals surface area contributed by atoms with Gasteiger partial charge in [0.1, 0.15) is 6.07 Å². The van der Waals surface area contributed by atoms with E-state index in [1.165, 1.54) is 4.57 Å². The van der Waals surface area contributed by atoms with Gasteiger partial charge in [0.15, 0.2) is 0 Å². The number of hydrogen-bond acceptors (Lipinski definition) is 4. The van der Waals surface area contributed by atoms with Crippen LogP contribution in [0.2, 0.25) is 0 Å². The van der Waals surface area contributed by atoms with Gasteiger partial charge in [-0.3, -0.25) is 9.36 Å². The number of rotatable bonds is 2. The van der Waals surface area contributed by atoms with Gasteiger partial charge in [-0.15, -0.1) is 0 Å². The summed E-state index contributed by atoms with van der Waals surface area (Å²) >= 11 is 0. The summed E-state index contributed by atoms with van der Waals surface area (Å²) in [4.78, 5) is 13.2. The highest BCUT2D eigenvalue weighted by atomic mass is 16.7. The lowest BCUT2D eigenvalue weighted by Crippen LogP contribution is -2.41. The Labute approximate surface area is 164 Å². The largest absolute Gasteiger partial charge is 0.494 e. The van der Waals surface area contributed by atoms with Crippen molar-refractivity contribution < 1.29 is 9.31 Å². The first kappa shape index (κ1) is 18.5. The van der Waals surface area contributed by atoms with E-state index in [-0.39, 0.29) is 5.56 Å². The predicted molar refractivity (Wildman–Crippen MR) is 110 cm³/mol. The van der Waals surface area contributed by atoms with E-state index in [0.29, 0.717) is 16.6 Å². The molecule has 0 unspecified atom stereocenters. The van der Waals surface area contributed by atoms with E-state index >= 15 is 0 Å². The molecule has 0 amide bonds. The molecule has 0 aliphatic carbocycles. The van der Waals surface area contributed by atoms with Gasteiger partial charge in [-0.05, 0) is 62.8 Å². The van der Waals surface area contributed by atoms with Crippen LogP contribution < -0.4 is 11.0 Å². The molecule has 4 rings (SSSR count). The van der Waals surface area contributed by atoms with Crippen LogP contribution in [0.4, 0.5) is 0 Å². The molecule has 0 spiro atoms. The molecule has 3 aromatic rings. The van der Waals surface area contributed by atoms with Gasteiger partial charge >= 0.3 is 7.12 Å². The molecule has 0 saturated carbocycles. The van der Waals surface area contributed by atoms with Gasteiger partial charge in [-0.25, -0.2) is 0 Å². The van der Waals surface area contributed by atoms with Crippen molar-refractivity contribution in [3.63, 3.8) is 0 Å². The first-order valence-corrected chi connectivity index (χ1v) is 9.24. The minimum Gasteiger partial charge on any atom is -0.399 e. The van der Waals surface area contributed by atoms with Gasteiger partial charge < -0.3 is 9.31 Å². The Balaban J connectivity index is 1.84. The first-order chi connectivity index (χ1) is 13.2. The maximum absolute atomic E-state index is 13.2. The van der Waals surface area contributed by atoms with Crippen LogP contribution in [0, 0.1) is 11.3 Å². The number of pyridine rings is 1. The number of nitrogens with zero attached hydrogens (tertiary/aromatic N) is 2. The van der Waals surface area contributed by atoms with Crippen LogP contribution in [-0.2, 0) is 9.31 Å². The molecule has 1 fully saturated rings. The van der Waals surface area contributed by atoms with Crippen molar-refractivity contribution in [3.8, 4) is 11.8 Å². The van der Waals surface area contributed by atoms with Gasteiger partial charge in [-0.2, -0.15) is 5.26 Å². The summed E-state index contributed by atoms with van der Waals surface area (Å²) in [7, 11) is -0.533. The normalized spacial score (nSPS) is 17.6. The molecule has 140 valence electrons. The Kier molecular flexibility index (Phi) is 4.18. The van der Waals surface area contributed by atoms with E-state index in [0.717, 1.165) is 10.8 Å². The molecule has 1 aliphatic heterocycles. The number of benzene rings is 2. The van der Waals surface area contributed by atoms with Crippen LogP contribution in [-0.4, -0.2) is 22.9 Å². The number of nitriles is 1. The van der Waals surface area contributed by atoms with Gasteiger partial charge in [0, 0.05) is 11.6 Å². The molecular formula is C22H21BN2O3. The van der Waals surface area contributed by atoms with E-state index < -0.39 is 18.3 Å². The highest BCUT2D eigenvalue weighted by Gasteiger charge is 2.51. The Morgan fingerprint density at radius 3 is 2.36 bits per heavy atom. The highest BCUT2D eigenvalue weighted by Crippen LogP contribution is 2.36. The van der Waals surface area contributed by atoms with Crippen molar-refractivity contribution in [2.24, 2.45) is 0 Å². The summed E-state index contributed by atoms with van der Waals surface area (Å²) in [5, 5.41) is 10.8. The highest BCUT2D eigenvalue weighted by molar-refractivity contribution is 6.62. The maximum atomic E-state index is 13.2. The molecule has 1 saturated heterocycles. The molecular weight excluding hydrogens is 351 g/mol. The summed E-state index contributed by atoms with van der Waals surface area (Å²) < 4.78 is 13.7. The Hall–Kier alpha value is -2.88. The van der Waals surface area contributed by atoms with Gasteiger partial charge in [0.2, 0.25) is 0 Å². The second-order valence-corrected chi connectivity index (χ2v) is 8.05. The van der Waals surface area contributed by atoms with Gasteiger partial charge in [0.05, 0.1) is 22.5 Å². The third-order valence-corrected chi connectivity index (χ3v) is 5.74. The molecule has 2 aromatic carbocycles. The van der Waals surface area contributed by atoms with Crippen molar-refractivity contribution >= 4 is 23.4 Å². The van der Waals surface area contributed by atoms with Crippen molar-refractivity contribution in [1.29, 1.82) is 5.26 Å². The summed E-state index contributed by atoms with van der Waals surface area (Å²) in [6.45, 7) is 8.00. The second-order valence-electron chi connectivity index (χ2n) is 8.05. The summed E-state index contributed by atoms with van der Waals surface area (Å²) in [5.74, 6) is 0. The van der Waals surface area contributed by atoms with Crippen LogP contribution in [0.3, 0.4) is 0 Å². The van der Waals surface area contributed by atoms with Crippen LogP contribution >= 0.6 is 0 Å². The smallest absolute Gasteiger partial charge is 0.399 e. The number of hydrogen-bond donors (Lipinski definition) is 0. The predicted octanol–water partition coefficient (Wildman–Crippen LogP) is 3.16. The molecule has 1 aliphatic rings. The monoisotopic (exact) mass is 372 g/mol. The quantitative estimate of drug-likeness (QED) is 0.649. The van der Waals surface area contributed by atoms with E-state index in [9.17, 15) is 10.1 Å². The van der Waals surface area contributed by atoms with Crippen LogP contribution in [0.5, 0.6) is 0 Å². The zero-order chi connectivity index (χ0) is 20.1. The molecule has 5 nitrogen and oxygen atoms in total. The Bertz CT molecular complexity index is 1160. The van der Waals surface area contributed by atoms with Crippen molar-refractivity contribution in [1.82, 2.24) is 4.57 Å². The third-order valence-electron chi connectivity index (χ3n) is 5.74. The molecule has 1 aromatic heterocycles. The fourth-order valence-electron chi connectivity index (χ4n) is 3.35. The zero-order valence-corrected chi connectivity index (χ0v) is 16.4. The summed E-state index contributed by atoms with van der Waals surface area (Å²) in [5.41, 5.74) is 0.738. The molecule has 0 bridgehead atoms. The Morgan fingerprint density at radius 2 is 1.68 bits per heavy atom. The van der Waals surface area contributed by atoms with Gasteiger partial charge in [0.25, 0.3) is 5.56 Å². The Morgan fingerprint density at radius 1 is 1.00 bits per heavy atom. The minimum absolute atomic E-state index is 0.182. The average Bonchev–Trinajstić information content (AvgIpc) is 2.89. The molecule has 6 heteroatoms. The molecule has 28 heavy (non-hydrogen) atoms. The summed E-state index contributed by atoms with van der Waals surface area (Å²) in [6, 6.07) is 16.7. The van der Waals surface area contributed by atoms with E-state index in [1.54, 1.807) is 24.4 Å². The van der Waals surface area contributed by atoms with Crippen LogP contribution in [0.25, 0.3) is 16.5 Å². The number of aromatic nitrogens is 1. The minimum atomic E-state index is -0.533. The zero-order valence-electron chi connectivity index (χ0n) is 16.4. The number of para-hydroxylation sites is 1. The summed E-state index contributed by atoms with van der Waals surface area (Å²) in [6.07, 6.45) is 1.70. The third kappa shape index (κ3) is 2.84. The topological polar surface area (TPSA) is 64.2 Å². The lowest BCUT2D eigenvalue weighted by molar-refractivity contribution is 0.00578. The van der Waals surface area contributed by atoms with Crippen molar-refractivity contribution in [2.45, 2.75) is 38.9 Å². The van der Waals surface area contributed by atoms with Crippen LogP contribution in [0.15, 0.2) is 59.5 Å². The fraction of sp³-hybridized carbons (Fsp3) is 0.273. The van der Waals surface area contributed by atoms with E-state index in [1.807, 2.05) is 58.0 Å². The second kappa shape index (κ2) is 6.34. The van der Waals surface area contributed by atoms with Gasteiger partial charge in [-0.1, -0.05) is 24.3 Å². The van der Waals surface area contributed by atoms with E-state index in [4.69, 9.17) is 9.31 Å². The molecule has 0 N–H and O–H groups in total.